The van der Waals surface area contributed by atoms with E-state index in [1.54, 1.807) is 0 Å². The molecular formula is C16H24N2. The van der Waals surface area contributed by atoms with E-state index in [1.807, 2.05) is 0 Å². The molecule has 0 bridgehead atoms. The van der Waals surface area contributed by atoms with Gasteiger partial charge in [-0.3, -0.25) is 0 Å². The molecule has 0 unspecified atom stereocenters. The summed E-state index contributed by atoms with van der Waals surface area (Å²) in [5, 5.41) is 0. The van der Waals surface area contributed by atoms with E-state index in [-0.39, 0.29) is 0 Å². The number of imidazole rings is 1. The van der Waals surface area contributed by atoms with Crippen molar-refractivity contribution in [1.82, 2.24) is 9.55 Å². The minimum Gasteiger partial charge on any atom is -0.328 e. The molecular weight excluding hydrogens is 220 g/mol. The van der Waals surface area contributed by atoms with Gasteiger partial charge in [-0.05, 0) is 30.4 Å². The quantitative estimate of drug-likeness (QED) is 0.778. The molecule has 0 radical (unpaired) electrons. The first-order valence-corrected chi connectivity index (χ1v) is 6.95. The molecule has 2 aromatic rings. The topological polar surface area (TPSA) is 17.8 Å². The molecule has 2 nitrogen and oxygen atoms in total. The van der Waals surface area contributed by atoms with Crippen LogP contribution in [0.3, 0.4) is 0 Å². The molecule has 2 heteroatoms. The molecule has 0 amide bonds. The van der Waals surface area contributed by atoms with Crippen LogP contribution in [-0.2, 0) is 13.0 Å². The number of para-hydroxylation sites is 2. The van der Waals surface area contributed by atoms with Gasteiger partial charge in [-0.25, -0.2) is 4.98 Å². The first-order valence-electron chi connectivity index (χ1n) is 6.95. The summed E-state index contributed by atoms with van der Waals surface area (Å²) in [4.78, 5) is 4.77. The fourth-order valence-electron chi connectivity index (χ4n) is 2.24. The maximum Gasteiger partial charge on any atom is 0.109 e. The van der Waals surface area contributed by atoms with E-state index < -0.39 is 0 Å². The van der Waals surface area contributed by atoms with Crippen LogP contribution in [0, 0.1) is 5.41 Å². The number of fused-ring (bicyclic) bond motifs is 1. The van der Waals surface area contributed by atoms with Gasteiger partial charge < -0.3 is 4.57 Å². The van der Waals surface area contributed by atoms with Gasteiger partial charge in [0.15, 0.2) is 0 Å². The second-order valence-corrected chi connectivity index (χ2v) is 6.23. The molecule has 0 aliphatic heterocycles. The second kappa shape index (κ2) is 5.13. The molecule has 0 aliphatic carbocycles. The normalized spacial score (nSPS) is 12.2. The minimum atomic E-state index is 0.370. The van der Waals surface area contributed by atoms with E-state index in [0.29, 0.717) is 5.41 Å². The van der Waals surface area contributed by atoms with Crippen LogP contribution in [0.4, 0.5) is 0 Å². The molecule has 0 saturated carbocycles. The summed E-state index contributed by atoms with van der Waals surface area (Å²) in [7, 11) is 0. The third kappa shape index (κ3) is 2.92. The molecule has 0 N–H and O–H groups in total. The van der Waals surface area contributed by atoms with Crippen molar-refractivity contribution in [3.05, 3.63) is 30.1 Å². The van der Waals surface area contributed by atoms with Gasteiger partial charge in [0.2, 0.25) is 0 Å². The molecule has 0 fully saturated rings. The van der Waals surface area contributed by atoms with Crippen LogP contribution < -0.4 is 0 Å². The zero-order valence-electron chi connectivity index (χ0n) is 12.0. The monoisotopic (exact) mass is 244 g/mol. The number of hydrogen-bond donors (Lipinski definition) is 0. The number of hydrogen-bond acceptors (Lipinski definition) is 1. The maximum absolute atomic E-state index is 4.77. The predicted molar refractivity (Wildman–Crippen MR) is 77.8 cm³/mol. The SMILES string of the molecule is CCCc1nc2ccccc2n1CCC(C)(C)C. The summed E-state index contributed by atoms with van der Waals surface area (Å²) < 4.78 is 2.41. The van der Waals surface area contributed by atoms with E-state index in [1.165, 1.54) is 17.8 Å². The lowest BCUT2D eigenvalue weighted by atomic mass is 9.92. The number of rotatable bonds is 4. The number of aryl methyl sites for hydroxylation is 2. The minimum absolute atomic E-state index is 0.370. The van der Waals surface area contributed by atoms with Crippen molar-refractivity contribution in [2.24, 2.45) is 5.41 Å². The van der Waals surface area contributed by atoms with Crippen molar-refractivity contribution in [3.8, 4) is 0 Å². The first-order chi connectivity index (χ1) is 8.51. The Balaban J connectivity index is 2.35. The van der Waals surface area contributed by atoms with Crippen LogP contribution in [0.15, 0.2) is 24.3 Å². The zero-order chi connectivity index (χ0) is 13.2. The number of nitrogens with zero attached hydrogens (tertiary/aromatic N) is 2. The van der Waals surface area contributed by atoms with Crippen molar-refractivity contribution < 1.29 is 0 Å². The highest BCUT2D eigenvalue weighted by Crippen LogP contribution is 2.23. The smallest absolute Gasteiger partial charge is 0.109 e. The molecule has 1 aromatic heterocycles. The Hall–Kier alpha value is -1.31. The second-order valence-electron chi connectivity index (χ2n) is 6.23. The van der Waals surface area contributed by atoms with Crippen molar-refractivity contribution in [2.75, 3.05) is 0 Å². The van der Waals surface area contributed by atoms with Gasteiger partial charge >= 0.3 is 0 Å². The fraction of sp³-hybridized carbons (Fsp3) is 0.562. The third-order valence-electron chi connectivity index (χ3n) is 3.29. The summed E-state index contributed by atoms with van der Waals surface area (Å²) in [6, 6.07) is 8.47. The summed E-state index contributed by atoms with van der Waals surface area (Å²) in [6.07, 6.45) is 3.40. The lowest BCUT2D eigenvalue weighted by Crippen LogP contribution is -2.12. The van der Waals surface area contributed by atoms with Crippen molar-refractivity contribution in [2.45, 2.75) is 53.5 Å². The Morgan fingerprint density at radius 2 is 1.89 bits per heavy atom. The van der Waals surface area contributed by atoms with Crippen LogP contribution in [0.1, 0.15) is 46.4 Å². The number of aromatic nitrogens is 2. The number of benzene rings is 1. The van der Waals surface area contributed by atoms with Crippen molar-refractivity contribution in [3.63, 3.8) is 0 Å². The van der Waals surface area contributed by atoms with Gasteiger partial charge in [0.25, 0.3) is 0 Å². The molecule has 0 saturated heterocycles. The highest BCUT2D eigenvalue weighted by molar-refractivity contribution is 5.75. The Morgan fingerprint density at radius 3 is 2.56 bits per heavy atom. The van der Waals surface area contributed by atoms with Gasteiger partial charge in [-0.15, -0.1) is 0 Å². The molecule has 0 aliphatic rings. The average Bonchev–Trinajstić information content (AvgIpc) is 2.63. The van der Waals surface area contributed by atoms with Gasteiger partial charge in [0, 0.05) is 13.0 Å². The van der Waals surface area contributed by atoms with Crippen LogP contribution in [0.5, 0.6) is 0 Å². The Morgan fingerprint density at radius 1 is 1.17 bits per heavy atom. The summed E-state index contributed by atoms with van der Waals surface area (Å²) in [6.45, 7) is 10.2. The first kappa shape index (κ1) is 13.1. The van der Waals surface area contributed by atoms with E-state index in [4.69, 9.17) is 4.98 Å². The summed E-state index contributed by atoms with van der Waals surface area (Å²) in [5.74, 6) is 1.24. The summed E-state index contributed by atoms with van der Waals surface area (Å²) in [5.41, 5.74) is 2.79. The lowest BCUT2D eigenvalue weighted by molar-refractivity contribution is 0.350. The van der Waals surface area contributed by atoms with Crippen LogP contribution in [0.2, 0.25) is 0 Å². The molecule has 1 heterocycles. The molecule has 0 atom stereocenters. The highest BCUT2D eigenvalue weighted by Gasteiger charge is 2.14. The van der Waals surface area contributed by atoms with Crippen LogP contribution >= 0.6 is 0 Å². The largest absolute Gasteiger partial charge is 0.328 e. The zero-order valence-corrected chi connectivity index (χ0v) is 12.0. The lowest BCUT2D eigenvalue weighted by Gasteiger charge is -2.19. The maximum atomic E-state index is 4.77. The molecule has 2 rings (SSSR count). The van der Waals surface area contributed by atoms with Crippen molar-refractivity contribution in [1.29, 1.82) is 0 Å². The van der Waals surface area contributed by atoms with E-state index in [9.17, 15) is 0 Å². The van der Waals surface area contributed by atoms with Gasteiger partial charge in [-0.2, -0.15) is 0 Å². The average molecular weight is 244 g/mol. The predicted octanol–water partition coefficient (Wildman–Crippen LogP) is 4.43. The fourth-order valence-corrected chi connectivity index (χ4v) is 2.24. The van der Waals surface area contributed by atoms with E-state index in [0.717, 1.165) is 24.9 Å². The molecule has 1 aromatic carbocycles. The van der Waals surface area contributed by atoms with Crippen LogP contribution in [-0.4, -0.2) is 9.55 Å². The van der Waals surface area contributed by atoms with E-state index >= 15 is 0 Å². The standard InChI is InChI=1S/C16H24N2/c1-5-8-15-17-13-9-6-7-10-14(13)18(15)12-11-16(2,3)4/h6-7,9-10H,5,8,11-12H2,1-4H3. The summed E-state index contributed by atoms with van der Waals surface area (Å²) >= 11 is 0. The molecule has 98 valence electrons. The molecule has 0 spiro atoms. The van der Waals surface area contributed by atoms with Gasteiger partial charge in [-0.1, -0.05) is 39.8 Å². The van der Waals surface area contributed by atoms with E-state index in [2.05, 4.69) is 56.5 Å². The van der Waals surface area contributed by atoms with Crippen molar-refractivity contribution >= 4 is 11.0 Å². The Bertz CT molecular complexity index is 517. The Kier molecular flexibility index (Phi) is 3.74. The van der Waals surface area contributed by atoms with Gasteiger partial charge in [0.05, 0.1) is 11.0 Å². The Labute approximate surface area is 110 Å². The van der Waals surface area contributed by atoms with Crippen LogP contribution in [0.25, 0.3) is 11.0 Å². The highest BCUT2D eigenvalue weighted by atomic mass is 15.1. The molecule has 18 heavy (non-hydrogen) atoms. The third-order valence-corrected chi connectivity index (χ3v) is 3.29. The van der Waals surface area contributed by atoms with Gasteiger partial charge in [0.1, 0.15) is 5.82 Å².